The number of H-pyrrole nitrogens is 1. The number of aromatic amines is 1. The lowest BCUT2D eigenvalue weighted by Gasteiger charge is -2.35. The van der Waals surface area contributed by atoms with Crippen molar-refractivity contribution in [1.29, 1.82) is 0 Å². The molecule has 25 heavy (non-hydrogen) atoms. The van der Waals surface area contributed by atoms with Crippen LogP contribution in [-0.2, 0) is 6.54 Å². The van der Waals surface area contributed by atoms with Crippen molar-refractivity contribution in [3.63, 3.8) is 0 Å². The molecule has 1 saturated carbocycles. The van der Waals surface area contributed by atoms with Gasteiger partial charge >= 0.3 is 0 Å². The Bertz CT molecular complexity index is 671. The summed E-state index contributed by atoms with van der Waals surface area (Å²) in [5.41, 5.74) is 2.76. The Morgan fingerprint density at radius 1 is 1.04 bits per heavy atom. The Hall–Kier alpha value is -1.66. The fourth-order valence-electron chi connectivity index (χ4n) is 4.05. The lowest BCUT2D eigenvalue weighted by molar-refractivity contribution is 0.247. The molecule has 1 aliphatic heterocycles. The molecule has 4 rings (SSSR count). The highest BCUT2D eigenvalue weighted by Gasteiger charge is 2.23. The van der Waals surface area contributed by atoms with Gasteiger partial charge in [0.1, 0.15) is 0 Å². The zero-order chi connectivity index (χ0) is 17.1. The van der Waals surface area contributed by atoms with Crippen molar-refractivity contribution < 1.29 is 0 Å². The third-order valence-electron chi connectivity index (χ3n) is 5.47. The van der Waals surface area contributed by atoms with Crippen LogP contribution in [0.2, 0.25) is 5.15 Å². The van der Waals surface area contributed by atoms with Gasteiger partial charge in [-0.25, -0.2) is 0 Å². The van der Waals surface area contributed by atoms with Gasteiger partial charge in [0.15, 0.2) is 11.0 Å². The molecule has 0 spiro atoms. The van der Waals surface area contributed by atoms with Gasteiger partial charge in [-0.05, 0) is 25.0 Å². The third-order valence-corrected chi connectivity index (χ3v) is 5.67. The topological polar surface area (TPSA) is 60.9 Å². The van der Waals surface area contributed by atoms with Crippen molar-refractivity contribution in [2.24, 2.45) is 0 Å². The molecule has 3 heterocycles. The van der Waals surface area contributed by atoms with Crippen LogP contribution in [0.15, 0.2) is 18.3 Å². The number of rotatable bonds is 4. The molecule has 0 unspecified atom stereocenters. The summed E-state index contributed by atoms with van der Waals surface area (Å²) in [6.07, 6.45) is 8.72. The van der Waals surface area contributed by atoms with E-state index in [4.69, 9.17) is 11.6 Å². The first-order chi connectivity index (χ1) is 12.3. The number of hydrogen-bond donors (Lipinski definition) is 1. The minimum Gasteiger partial charge on any atom is -0.353 e. The Kier molecular flexibility index (Phi) is 5.17. The fraction of sp³-hybridized carbons (Fsp3) is 0.611. The van der Waals surface area contributed by atoms with Crippen LogP contribution >= 0.6 is 11.6 Å². The van der Waals surface area contributed by atoms with Crippen molar-refractivity contribution in [2.75, 3.05) is 31.1 Å². The van der Waals surface area contributed by atoms with E-state index >= 15 is 0 Å². The second-order valence-corrected chi connectivity index (χ2v) is 7.51. The minimum atomic E-state index is 0.442. The molecular weight excluding hydrogens is 336 g/mol. The molecule has 1 aliphatic carbocycles. The van der Waals surface area contributed by atoms with Gasteiger partial charge in [-0.3, -0.25) is 10.00 Å². The smallest absolute Gasteiger partial charge is 0.151 e. The molecule has 0 bridgehead atoms. The van der Waals surface area contributed by atoms with Crippen molar-refractivity contribution in [2.45, 2.75) is 44.6 Å². The quantitative estimate of drug-likeness (QED) is 0.907. The number of halogens is 1. The van der Waals surface area contributed by atoms with Crippen LogP contribution in [0.3, 0.4) is 0 Å². The van der Waals surface area contributed by atoms with Gasteiger partial charge in [-0.2, -0.15) is 5.10 Å². The van der Waals surface area contributed by atoms with E-state index in [9.17, 15) is 0 Å². The van der Waals surface area contributed by atoms with Crippen LogP contribution in [0.4, 0.5) is 5.82 Å². The SMILES string of the molecule is Clc1ccc(N2CCN(Cc3cn[nH]c3C3CCCCC3)CC2)nn1. The molecule has 1 N–H and O–H groups in total. The Labute approximate surface area is 153 Å². The second-order valence-electron chi connectivity index (χ2n) is 7.12. The highest BCUT2D eigenvalue weighted by Crippen LogP contribution is 2.33. The molecule has 0 aromatic carbocycles. The van der Waals surface area contributed by atoms with Gasteiger partial charge in [0, 0.05) is 49.9 Å². The first kappa shape index (κ1) is 16.8. The predicted octanol–water partition coefficient (Wildman–Crippen LogP) is 3.22. The van der Waals surface area contributed by atoms with Crippen LogP contribution in [0.25, 0.3) is 0 Å². The molecule has 2 aromatic heterocycles. The zero-order valence-electron chi connectivity index (χ0n) is 14.5. The van der Waals surface area contributed by atoms with Gasteiger partial charge in [0.25, 0.3) is 0 Å². The molecule has 2 aromatic rings. The molecule has 0 amide bonds. The Balaban J connectivity index is 1.34. The van der Waals surface area contributed by atoms with Crippen LogP contribution in [0.5, 0.6) is 0 Å². The van der Waals surface area contributed by atoms with Crippen LogP contribution < -0.4 is 4.90 Å². The maximum atomic E-state index is 5.82. The molecule has 2 fully saturated rings. The molecule has 134 valence electrons. The lowest BCUT2D eigenvalue weighted by Crippen LogP contribution is -2.46. The van der Waals surface area contributed by atoms with Crippen LogP contribution in [0, 0.1) is 0 Å². The zero-order valence-corrected chi connectivity index (χ0v) is 15.3. The van der Waals surface area contributed by atoms with E-state index in [1.807, 2.05) is 12.3 Å². The van der Waals surface area contributed by atoms with Gasteiger partial charge in [-0.1, -0.05) is 30.9 Å². The fourth-order valence-corrected chi connectivity index (χ4v) is 4.15. The summed E-state index contributed by atoms with van der Waals surface area (Å²) in [5.74, 6) is 1.59. The normalized spacial score (nSPS) is 20.1. The standard InChI is InChI=1S/C18H25ClN6/c19-16-6-7-17(22-21-16)25-10-8-24(9-11-25)13-15-12-20-23-18(15)14-4-2-1-3-5-14/h6-7,12,14H,1-5,8-11,13H2,(H,20,23). The summed E-state index contributed by atoms with van der Waals surface area (Å²) in [5, 5.41) is 16.2. The summed E-state index contributed by atoms with van der Waals surface area (Å²) < 4.78 is 0. The van der Waals surface area contributed by atoms with Gasteiger partial charge < -0.3 is 4.90 Å². The van der Waals surface area contributed by atoms with E-state index in [1.165, 1.54) is 43.4 Å². The van der Waals surface area contributed by atoms with Crippen molar-refractivity contribution in [3.05, 3.63) is 34.7 Å². The van der Waals surface area contributed by atoms with Gasteiger partial charge in [0.05, 0.1) is 6.20 Å². The molecule has 2 aliphatic rings. The minimum absolute atomic E-state index is 0.442. The maximum absolute atomic E-state index is 5.82. The molecule has 7 heteroatoms. The number of piperazine rings is 1. The predicted molar refractivity (Wildman–Crippen MR) is 98.9 cm³/mol. The number of nitrogens with zero attached hydrogens (tertiary/aromatic N) is 5. The highest BCUT2D eigenvalue weighted by atomic mass is 35.5. The number of nitrogens with one attached hydrogen (secondary N) is 1. The van der Waals surface area contributed by atoms with E-state index in [0.29, 0.717) is 11.1 Å². The first-order valence-corrected chi connectivity index (χ1v) is 9.66. The van der Waals surface area contributed by atoms with Crippen molar-refractivity contribution in [3.8, 4) is 0 Å². The lowest BCUT2D eigenvalue weighted by atomic mass is 9.85. The summed E-state index contributed by atoms with van der Waals surface area (Å²) in [6, 6.07) is 3.75. The van der Waals surface area contributed by atoms with Gasteiger partial charge in [-0.15, -0.1) is 10.2 Å². The first-order valence-electron chi connectivity index (χ1n) is 9.28. The van der Waals surface area contributed by atoms with Crippen LogP contribution in [-0.4, -0.2) is 51.5 Å². The number of hydrogen-bond acceptors (Lipinski definition) is 5. The number of aromatic nitrogens is 4. The summed E-state index contributed by atoms with van der Waals surface area (Å²) >= 11 is 5.82. The summed E-state index contributed by atoms with van der Waals surface area (Å²) in [7, 11) is 0. The summed E-state index contributed by atoms with van der Waals surface area (Å²) in [4.78, 5) is 4.79. The second kappa shape index (κ2) is 7.70. The van der Waals surface area contributed by atoms with E-state index in [1.54, 1.807) is 6.07 Å². The van der Waals surface area contributed by atoms with E-state index in [0.717, 1.165) is 38.5 Å². The molecular formula is C18H25ClN6. The molecule has 0 radical (unpaired) electrons. The highest BCUT2D eigenvalue weighted by molar-refractivity contribution is 6.29. The van der Waals surface area contributed by atoms with E-state index in [-0.39, 0.29) is 0 Å². The van der Waals surface area contributed by atoms with Crippen LogP contribution in [0.1, 0.15) is 49.3 Å². The summed E-state index contributed by atoms with van der Waals surface area (Å²) in [6.45, 7) is 4.97. The molecule has 1 saturated heterocycles. The Morgan fingerprint density at radius 2 is 1.84 bits per heavy atom. The average Bonchev–Trinajstić information content (AvgIpc) is 3.12. The van der Waals surface area contributed by atoms with E-state index < -0.39 is 0 Å². The number of anilines is 1. The monoisotopic (exact) mass is 360 g/mol. The average molecular weight is 361 g/mol. The van der Waals surface area contributed by atoms with Gasteiger partial charge in [0.2, 0.25) is 0 Å². The largest absolute Gasteiger partial charge is 0.353 e. The van der Waals surface area contributed by atoms with Crippen molar-refractivity contribution in [1.82, 2.24) is 25.3 Å². The molecule has 6 nitrogen and oxygen atoms in total. The molecule has 0 atom stereocenters. The maximum Gasteiger partial charge on any atom is 0.151 e. The Morgan fingerprint density at radius 3 is 2.56 bits per heavy atom. The van der Waals surface area contributed by atoms with E-state index in [2.05, 4.69) is 30.2 Å². The van der Waals surface area contributed by atoms with Crippen molar-refractivity contribution >= 4 is 17.4 Å². The third kappa shape index (κ3) is 3.96.